The molecule has 0 spiro atoms. The number of amides is 2. The average Bonchev–Trinajstić information content (AvgIpc) is 2.54. The molecule has 0 aromatic heterocycles. The fourth-order valence-electron chi connectivity index (χ4n) is 2.06. The highest BCUT2D eigenvalue weighted by Crippen LogP contribution is 2.15. The molecule has 0 fully saturated rings. The van der Waals surface area contributed by atoms with Gasteiger partial charge in [-0.1, -0.05) is 42.5 Å². The molecule has 0 saturated carbocycles. The Bertz CT molecular complexity index is 698. The van der Waals surface area contributed by atoms with Gasteiger partial charge in [0.1, 0.15) is 5.75 Å². The first-order chi connectivity index (χ1) is 11.1. The molecule has 0 atom stereocenters. The lowest BCUT2D eigenvalue weighted by molar-refractivity contribution is -0.129. The highest BCUT2D eigenvalue weighted by molar-refractivity contribution is 5.84. The number of para-hydroxylation sites is 1. The zero-order valence-corrected chi connectivity index (χ0v) is 13.3. The van der Waals surface area contributed by atoms with Crippen LogP contribution in [0.5, 0.6) is 5.75 Å². The molecule has 0 aliphatic carbocycles. The summed E-state index contributed by atoms with van der Waals surface area (Å²) < 4.78 is 5.40. The number of carbonyl (C=O) groups excluding carboxylic acids is 2. The van der Waals surface area contributed by atoms with Crippen molar-refractivity contribution in [1.82, 2.24) is 10.9 Å². The van der Waals surface area contributed by atoms with Crippen LogP contribution >= 0.6 is 0 Å². The minimum absolute atomic E-state index is 0.157. The van der Waals surface area contributed by atoms with Crippen LogP contribution in [0.4, 0.5) is 0 Å². The smallest absolute Gasteiger partial charge is 0.276 e. The van der Waals surface area contributed by atoms with E-state index >= 15 is 0 Å². The molecular formula is C18H20N2O3. The zero-order valence-electron chi connectivity index (χ0n) is 13.3. The van der Waals surface area contributed by atoms with E-state index < -0.39 is 5.91 Å². The molecule has 0 radical (unpaired) electrons. The number of rotatable bonds is 5. The molecule has 0 aliphatic rings. The monoisotopic (exact) mass is 312 g/mol. The summed E-state index contributed by atoms with van der Waals surface area (Å²) in [5.41, 5.74) is 7.65. The Kier molecular flexibility index (Phi) is 5.74. The quantitative estimate of drug-likeness (QED) is 0.831. The number of aryl methyl sites for hydroxylation is 2. The molecule has 23 heavy (non-hydrogen) atoms. The van der Waals surface area contributed by atoms with Gasteiger partial charge in [0.2, 0.25) is 5.91 Å². The van der Waals surface area contributed by atoms with Crippen molar-refractivity contribution in [3.05, 3.63) is 65.2 Å². The van der Waals surface area contributed by atoms with E-state index in [1.54, 1.807) is 6.07 Å². The molecule has 0 saturated heterocycles. The third kappa shape index (κ3) is 5.14. The van der Waals surface area contributed by atoms with Crippen molar-refractivity contribution in [3.63, 3.8) is 0 Å². The van der Waals surface area contributed by atoms with Gasteiger partial charge in [-0.15, -0.1) is 0 Å². The van der Waals surface area contributed by atoms with Gasteiger partial charge < -0.3 is 4.74 Å². The topological polar surface area (TPSA) is 67.4 Å². The van der Waals surface area contributed by atoms with E-state index in [9.17, 15) is 9.59 Å². The first-order valence-corrected chi connectivity index (χ1v) is 7.37. The molecule has 2 rings (SSSR count). The Morgan fingerprint density at radius 1 is 0.870 bits per heavy atom. The second-order valence-corrected chi connectivity index (χ2v) is 5.25. The van der Waals surface area contributed by atoms with E-state index in [0.29, 0.717) is 5.75 Å². The molecule has 0 heterocycles. The van der Waals surface area contributed by atoms with Crippen molar-refractivity contribution in [3.8, 4) is 5.75 Å². The van der Waals surface area contributed by atoms with Crippen LogP contribution in [0.1, 0.15) is 16.7 Å². The number of carbonyl (C=O) groups is 2. The zero-order chi connectivity index (χ0) is 16.7. The first kappa shape index (κ1) is 16.5. The van der Waals surface area contributed by atoms with Crippen LogP contribution in [-0.2, 0) is 16.0 Å². The largest absolute Gasteiger partial charge is 0.483 e. The molecule has 5 heteroatoms. The number of ether oxygens (including phenoxy) is 1. The Balaban J connectivity index is 1.75. The van der Waals surface area contributed by atoms with Crippen LogP contribution < -0.4 is 15.6 Å². The fourth-order valence-corrected chi connectivity index (χ4v) is 2.06. The molecule has 5 nitrogen and oxygen atoms in total. The van der Waals surface area contributed by atoms with E-state index in [1.807, 2.05) is 56.3 Å². The van der Waals surface area contributed by atoms with Gasteiger partial charge in [0, 0.05) is 0 Å². The van der Waals surface area contributed by atoms with E-state index in [-0.39, 0.29) is 18.9 Å². The lowest BCUT2D eigenvalue weighted by atomic mass is 10.1. The van der Waals surface area contributed by atoms with Gasteiger partial charge in [0.05, 0.1) is 6.42 Å². The van der Waals surface area contributed by atoms with Crippen LogP contribution in [0.15, 0.2) is 48.5 Å². The Labute approximate surface area is 135 Å². The summed E-state index contributed by atoms with van der Waals surface area (Å²) in [6.45, 7) is 3.68. The summed E-state index contributed by atoms with van der Waals surface area (Å²) in [6.07, 6.45) is 0.214. The Hall–Kier alpha value is -2.82. The molecule has 120 valence electrons. The predicted octanol–water partition coefficient (Wildman–Crippen LogP) is 2.07. The van der Waals surface area contributed by atoms with Gasteiger partial charge in [-0.3, -0.25) is 20.4 Å². The summed E-state index contributed by atoms with van der Waals surface area (Å²) in [7, 11) is 0. The maximum Gasteiger partial charge on any atom is 0.276 e. The number of nitrogens with one attached hydrogen (secondary N) is 2. The minimum Gasteiger partial charge on any atom is -0.483 e. The summed E-state index contributed by atoms with van der Waals surface area (Å²) in [5, 5.41) is 0. The van der Waals surface area contributed by atoms with Crippen LogP contribution in [-0.4, -0.2) is 18.4 Å². The maximum atomic E-state index is 11.8. The Morgan fingerprint density at radius 3 is 2.17 bits per heavy atom. The number of hydrazine groups is 1. The van der Waals surface area contributed by atoms with Crippen LogP contribution in [0, 0.1) is 13.8 Å². The third-order valence-electron chi connectivity index (χ3n) is 3.41. The lowest BCUT2D eigenvalue weighted by Gasteiger charge is -2.10. The van der Waals surface area contributed by atoms with Crippen LogP contribution in [0.25, 0.3) is 0 Å². The van der Waals surface area contributed by atoms with Gasteiger partial charge in [0.25, 0.3) is 5.91 Å². The van der Waals surface area contributed by atoms with Crippen molar-refractivity contribution in [2.45, 2.75) is 20.3 Å². The van der Waals surface area contributed by atoms with E-state index in [0.717, 1.165) is 16.7 Å². The van der Waals surface area contributed by atoms with Crippen molar-refractivity contribution in [2.75, 3.05) is 6.61 Å². The standard InChI is InChI=1S/C18H20N2O3/c1-13-7-3-5-9-15(13)11-17(21)19-20-18(22)12-23-16-10-6-4-8-14(16)2/h3-10H,11-12H2,1-2H3,(H,19,21)(H,20,22). The van der Waals surface area contributed by atoms with E-state index in [2.05, 4.69) is 10.9 Å². The summed E-state index contributed by atoms with van der Waals surface area (Å²) in [6, 6.07) is 15.1. The minimum atomic E-state index is -0.411. The van der Waals surface area contributed by atoms with Crippen LogP contribution in [0.2, 0.25) is 0 Å². The molecule has 2 N–H and O–H groups in total. The molecular weight excluding hydrogens is 292 g/mol. The third-order valence-corrected chi connectivity index (χ3v) is 3.41. The van der Waals surface area contributed by atoms with Gasteiger partial charge in [-0.25, -0.2) is 0 Å². The van der Waals surface area contributed by atoms with Crippen molar-refractivity contribution < 1.29 is 14.3 Å². The lowest BCUT2D eigenvalue weighted by Crippen LogP contribution is -2.44. The normalized spacial score (nSPS) is 10.0. The first-order valence-electron chi connectivity index (χ1n) is 7.37. The van der Waals surface area contributed by atoms with Gasteiger partial charge in [-0.2, -0.15) is 0 Å². The predicted molar refractivity (Wildman–Crippen MR) is 87.8 cm³/mol. The molecule has 2 amide bonds. The SMILES string of the molecule is Cc1ccccc1CC(=O)NNC(=O)COc1ccccc1C. The van der Waals surface area contributed by atoms with E-state index in [4.69, 9.17) is 4.74 Å². The second-order valence-electron chi connectivity index (χ2n) is 5.25. The summed E-state index contributed by atoms with van der Waals surface area (Å²) in [4.78, 5) is 23.5. The highest BCUT2D eigenvalue weighted by Gasteiger charge is 2.08. The number of hydrogen-bond donors (Lipinski definition) is 2. The summed E-state index contributed by atoms with van der Waals surface area (Å²) in [5.74, 6) is -0.0381. The van der Waals surface area contributed by atoms with Crippen molar-refractivity contribution in [1.29, 1.82) is 0 Å². The van der Waals surface area contributed by atoms with Crippen molar-refractivity contribution >= 4 is 11.8 Å². The maximum absolute atomic E-state index is 11.8. The molecule has 0 unspecified atom stereocenters. The average molecular weight is 312 g/mol. The summed E-state index contributed by atoms with van der Waals surface area (Å²) >= 11 is 0. The van der Waals surface area contributed by atoms with Gasteiger partial charge in [-0.05, 0) is 36.6 Å². The fraction of sp³-hybridized carbons (Fsp3) is 0.222. The van der Waals surface area contributed by atoms with E-state index in [1.165, 1.54) is 0 Å². The number of hydrogen-bond acceptors (Lipinski definition) is 3. The number of benzene rings is 2. The van der Waals surface area contributed by atoms with Gasteiger partial charge in [0.15, 0.2) is 6.61 Å². The molecule has 2 aromatic rings. The van der Waals surface area contributed by atoms with Gasteiger partial charge >= 0.3 is 0 Å². The molecule has 0 bridgehead atoms. The van der Waals surface area contributed by atoms with Crippen LogP contribution in [0.3, 0.4) is 0 Å². The molecule has 2 aromatic carbocycles. The van der Waals surface area contributed by atoms with Crippen molar-refractivity contribution in [2.24, 2.45) is 0 Å². The Morgan fingerprint density at radius 2 is 1.48 bits per heavy atom. The molecule has 0 aliphatic heterocycles. The highest BCUT2D eigenvalue weighted by atomic mass is 16.5. The second kappa shape index (κ2) is 7.98.